The minimum absolute atomic E-state index is 0.0156. The molecule has 0 aliphatic rings. The molecule has 1 N–H and O–H groups in total. The molecule has 0 fully saturated rings. The predicted octanol–water partition coefficient (Wildman–Crippen LogP) is 4.73. The normalized spacial score (nSPS) is 10.9. The second-order valence-corrected chi connectivity index (χ2v) is 4.28. The first-order valence-electron chi connectivity index (χ1n) is 6.19. The molecule has 1 atom stereocenters. The summed E-state index contributed by atoms with van der Waals surface area (Å²) in [7, 11) is 0. The molecule has 0 saturated carbocycles. The highest BCUT2D eigenvalue weighted by Gasteiger charge is 2.20. The van der Waals surface area contributed by atoms with Crippen molar-refractivity contribution in [3.05, 3.63) is 86.1 Å². The Morgan fingerprint density at radius 1 is 1.09 bits per heavy atom. The van der Waals surface area contributed by atoms with Gasteiger partial charge < -0.3 is 5.11 Å². The van der Waals surface area contributed by atoms with E-state index in [1.807, 2.05) is 0 Å². The van der Waals surface area contributed by atoms with Crippen molar-refractivity contribution < 1.29 is 9.90 Å². The quantitative estimate of drug-likeness (QED) is 0.484. The number of azide groups is 2. The first-order valence-corrected chi connectivity index (χ1v) is 6.19. The molecule has 0 aliphatic carbocycles. The van der Waals surface area contributed by atoms with Crippen molar-refractivity contribution in [1.82, 2.24) is 0 Å². The molecule has 0 spiro atoms. The summed E-state index contributed by atoms with van der Waals surface area (Å²) in [5.74, 6) is -1.16. The summed E-state index contributed by atoms with van der Waals surface area (Å²) in [6.45, 7) is 0. The van der Waals surface area contributed by atoms with Crippen LogP contribution in [0.2, 0.25) is 0 Å². The molecule has 2 aromatic carbocycles. The molecule has 8 nitrogen and oxygen atoms in total. The fraction of sp³-hybridized carbons (Fsp3) is 0.0714. The van der Waals surface area contributed by atoms with E-state index < -0.39 is 12.0 Å². The van der Waals surface area contributed by atoms with Gasteiger partial charge in [-0.1, -0.05) is 46.6 Å². The highest BCUT2D eigenvalue weighted by Crippen LogP contribution is 2.32. The Balaban J connectivity index is 2.68. The van der Waals surface area contributed by atoms with Crippen molar-refractivity contribution in [3.8, 4) is 0 Å². The highest BCUT2D eigenvalue weighted by molar-refractivity contribution is 5.90. The number of hydrogen-bond acceptors (Lipinski definition) is 3. The zero-order chi connectivity index (χ0) is 15.9. The average Bonchev–Trinajstić information content (AvgIpc) is 2.53. The summed E-state index contributed by atoms with van der Waals surface area (Å²) in [4.78, 5) is 16.9. The number of nitrogens with zero attached hydrogens (tertiary/aromatic N) is 6. The minimum atomic E-state index is -1.16. The Hall–Kier alpha value is -3.47. The Morgan fingerprint density at radius 3 is 2.41 bits per heavy atom. The van der Waals surface area contributed by atoms with E-state index in [4.69, 9.17) is 11.1 Å². The summed E-state index contributed by atoms with van der Waals surface area (Å²) in [5, 5.41) is 16.5. The Bertz CT molecular complexity index is 792. The molecular formula is C14H10N6O2. The Morgan fingerprint density at radius 2 is 1.82 bits per heavy atom. The van der Waals surface area contributed by atoms with Gasteiger partial charge in [-0.3, -0.25) is 0 Å². The van der Waals surface area contributed by atoms with Gasteiger partial charge in [-0.2, -0.15) is 0 Å². The summed E-state index contributed by atoms with van der Waals surface area (Å²) in [6, 6.07) is 12.1. The number of rotatable bonds is 5. The van der Waals surface area contributed by atoms with E-state index in [2.05, 4.69) is 20.1 Å². The fourth-order valence-corrected chi connectivity index (χ4v) is 2.08. The van der Waals surface area contributed by atoms with Crippen LogP contribution in [0.1, 0.15) is 27.5 Å². The van der Waals surface area contributed by atoms with Crippen molar-refractivity contribution in [2.24, 2.45) is 10.2 Å². The van der Waals surface area contributed by atoms with Crippen molar-refractivity contribution in [2.75, 3.05) is 0 Å². The highest BCUT2D eigenvalue weighted by atomic mass is 16.4. The third-order valence-corrected chi connectivity index (χ3v) is 3.00. The molecule has 108 valence electrons. The molecule has 0 radical (unpaired) electrons. The zero-order valence-corrected chi connectivity index (χ0v) is 11.2. The van der Waals surface area contributed by atoms with Crippen LogP contribution in [0.15, 0.2) is 58.8 Å². The number of hydrogen-bond donors (Lipinski definition) is 1. The van der Waals surface area contributed by atoms with E-state index in [9.17, 15) is 9.90 Å². The molecular weight excluding hydrogens is 284 g/mol. The van der Waals surface area contributed by atoms with Gasteiger partial charge in [0, 0.05) is 15.5 Å². The van der Waals surface area contributed by atoms with Crippen LogP contribution in [0.25, 0.3) is 20.9 Å². The van der Waals surface area contributed by atoms with E-state index in [1.54, 1.807) is 30.3 Å². The van der Waals surface area contributed by atoms with Crippen LogP contribution < -0.4 is 0 Å². The standard InChI is InChI=1S/C14H10N6O2/c15-19-17-10-6-7-11(14(21)22)12(8-10)13(18-20-16)9-4-2-1-3-5-9/h1-8,13H,(H,21,22). The number of aromatic carboxylic acids is 1. The van der Waals surface area contributed by atoms with E-state index in [0.717, 1.165) is 0 Å². The van der Waals surface area contributed by atoms with Gasteiger partial charge in [0.1, 0.15) is 0 Å². The summed E-state index contributed by atoms with van der Waals surface area (Å²) in [6.07, 6.45) is 0. The third kappa shape index (κ3) is 3.16. The molecule has 1 unspecified atom stereocenters. The molecule has 0 heterocycles. The van der Waals surface area contributed by atoms with E-state index in [0.29, 0.717) is 5.56 Å². The summed E-state index contributed by atoms with van der Waals surface area (Å²) in [5.41, 5.74) is 18.4. The summed E-state index contributed by atoms with van der Waals surface area (Å²) < 4.78 is 0. The maximum atomic E-state index is 11.4. The van der Waals surface area contributed by atoms with E-state index >= 15 is 0 Å². The van der Waals surface area contributed by atoms with Gasteiger partial charge in [0.05, 0.1) is 11.6 Å². The fourth-order valence-electron chi connectivity index (χ4n) is 2.08. The van der Waals surface area contributed by atoms with Gasteiger partial charge in [-0.25, -0.2) is 4.79 Å². The van der Waals surface area contributed by atoms with E-state index in [-0.39, 0.29) is 16.8 Å². The predicted molar refractivity (Wildman–Crippen MR) is 79.6 cm³/mol. The number of carbonyl (C=O) groups is 1. The smallest absolute Gasteiger partial charge is 0.335 e. The lowest BCUT2D eigenvalue weighted by Gasteiger charge is -2.15. The van der Waals surface area contributed by atoms with Crippen molar-refractivity contribution in [1.29, 1.82) is 0 Å². The van der Waals surface area contributed by atoms with Crippen LogP contribution in [0.5, 0.6) is 0 Å². The lowest BCUT2D eigenvalue weighted by Crippen LogP contribution is -2.07. The molecule has 0 aromatic heterocycles. The van der Waals surface area contributed by atoms with Crippen molar-refractivity contribution in [3.63, 3.8) is 0 Å². The third-order valence-electron chi connectivity index (χ3n) is 3.00. The van der Waals surface area contributed by atoms with Crippen LogP contribution >= 0.6 is 0 Å². The molecule has 2 rings (SSSR count). The van der Waals surface area contributed by atoms with Gasteiger partial charge in [-0.15, -0.1) is 0 Å². The second kappa shape index (κ2) is 6.81. The molecule has 8 heteroatoms. The monoisotopic (exact) mass is 294 g/mol. The molecule has 0 amide bonds. The Kier molecular flexibility index (Phi) is 4.62. The number of carboxylic acid groups (broad SMARTS) is 1. The molecule has 0 aliphatic heterocycles. The number of benzene rings is 2. The van der Waals surface area contributed by atoms with Gasteiger partial charge in [0.25, 0.3) is 0 Å². The van der Waals surface area contributed by atoms with Crippen LogP contribution in [-0.2, 0) is 0 Å². The maximum absolute atomic E-state index is 11.4. The number of carboxylic acids is 1. The average molecular weight is 294 g/mol. The first kappa shape index (κ1) is 14.9. The van der Waals surface area contributed by atoms with Crippen LogP contribution in [0, 0.1) is 0 Å². The van der Waals surface area contributed by atoms with Crippen LogP contribution in [0.4, 0.5) is 5.69 Å². The first-order chi connectivity index (χ1) is 10.7. The van der Waals surface area contributed by atoms with E-state index in [1.165, 1.54) is 18.2 Å². The topological polar surface area (TPSA) is 135 Å². The molecule has 0 saturated heterocycles. The SMILES string of the molecule is [N-]=[N+]=Nc1ccc(C(=O)O)c(C(N=[N+]=[N-])c2ccccc2)c1. The largest absolute Gasteiger partial charge is 0.478 e. The zero-order valence-electron chi connectivity index (χ0n) is 11.2. The van der Waals surface area contributed by atoms with Gasteiger partial charge in [0.2, 0.25) is 0 Å². The van der Waals surface area contributed by atoms with Gasteiger partial charge in [0.15, 0.2) is 0 Å². The lowest BCUT2D eigenvalue weighted by atomic mass is 9.94. The molecule has 0 bridgehead atoms. The lowest BCUT2D eigenvalue weighted by molar-refractivity contribution is 0.0695. The van der Waals surface area contributed by atoms with Crippen LogP contribution in [-0.4, -0.2) is 11.1 Å². The second-order valence-electron chi connectivity index (χ2n) is 4.28. The van der Waals surface area contributed by atoms with Crippen molar-refractivity contribution in [2.45, 2.75) is 6.04 Å². The minimum Gasteiger partial charge on any atom is -0.478 e. The van der Waals surface area contributed by atoms with Crippen molar-refractivity contribution >= 4 is 11.7 Å². The van der Waals surface area contributed by atoms with Gasteiger partial charge >= 0.3 is 5.97 Å². The van der Waals surface area contributed by atoms with Gasteiger partial charge in [-0.05, 0) is 34.3 Å². The summed E-state index contributed by atoms with van der Waals surface area (Å²) >= 11 is 0. The van der Waals surface area contributed by atoms with Crippen LogP contribution in [0.3, 0.4) is 0 Å². The molecule has 2 aromatic rings. The maximum Gasteiger partial charge on any atom is 0.335 e. The Labute approximate surface area is 124 Å². The molecule has 22 heavy (non-hydrogen) atoms.